The van der Waals surface area contributed by atoms with Crippen LogP contribution < -0.4 is 5.43 Å². The van der Waals surface area contributed by atoms with Crippen LogP contribution in [0, 0.1) is 0 Å². The van der Waals surface area contributed by atoms with E-state index < -0.39 is 5.91 Å². The van der Waals surface area contributed by atoms with Gasteiger partial charge in [0.25, 0.3) is 5.91 Å². The third-order valence-corrected chi connectivity index (χ3v) is 3.84. The van der Waals surface area contributed by atoms with E-state index in [-0.39, 0.29) is 11.3 Å². The number of phenols is 1. The molecule has 7 nitrogen and oxygen atoms in total. The van der Waals surface area contributed by atoms with E-state index in [4.69, 9.17) is 0 Å². The van der Waals surface area contributed by atoms with Crippen LogP contribution in [0.3, 0.4) is 0 Å². The maximum absolute atomic E-state index is 12.1. The molecule has 0 fully saturated rings. The van der Waals surface area contributed by atoms with Gasteiger partial charge in [-0.3, -0.25) is 4.79 Å². The van der Waals surface area contributed by atoms with Gasteiger partial charge in [0, 0.05) is 4.47 Å². The minimum atomic E-state index is -0.489. The van der Waals surface area contributed by atoms with E-state index in [0.29, 0.717) is 16.7 Å². The average Bonchev–Trinajstić information content (AvgIpc) is 2.98. The van der Waals surface area contributed by atoms with Crippen molar-refractivity contribution >= 4 is 38.6 Å². The van der Waals surface area contributed by atoms with E-state index in [2.05, 4.69) is 36.8 Å². The molecule has 122 valence electrons. The first kappa shape index (κ1) is 16.1. The van der Waals surface area contributed by atoms with Crippen LogP contribution in [0.25, 0.3) is 11.0 Å². The molecule has 0 saturated heterocycles. The van der Waals surface area contributed by atoms with Gasteiger partial charge in [-0.05, 0) is 37.3 Å². The third kappa shape index (κ3) is 3.43. The lowest BCUT2D eigenvalue weighted by atomic mass is 10.2. The van der Waals surface area contributed by atoms with Crippen molar-refractivity contribution in [2.24, 2.45) is 5.10 Å². The Morgan fingerprint density at radius 3 is 2.96 bits per heavy atom. The Balaban J connectivity index is 1.72. The highest BCUT2D eigenvalue weighted by molar-refractivity contribution is 9.10. The van der Waals surface area contributed by atoms with Crippen LogP contribution in [-0.4, -0.2) is 31.7 Å². The number of amides is 1. The molecule has 1 heterocycles. The van der Waals surface area contributed by atoms with Crippen molar-refractivity contribution in [3.63, 3.8) is 0 Å². The molecule has 2 aromatic carbocycles. The highest BCUT2D eigenvalue weighted by Crippen LogP contribution is 2.21. The van der Waals surface area contributed by atoms with Crippen LogP contribution in [0.2, 0.25) is 0 Å². The van der Waals surface area contributed by atoms with Crippen LogP contribution in [0.5, 0.6) is 5.75 Å². The summed E-state index contributed by atoms with van der Waals surface area (Å²) in [5.74, 6) is -0.595. The Morgan fingerprint density at radius 1 is 1.33 bits per heavy atom. The molecule has 0 spiro atoms. The predicted octanol–water partition coefficient (Wildman–Crippen LogP) is 2.71. The highest BCUT2D eigenvalue weighted by atomic mass is 79.9. The zero-order valence-corrected chi connectivity index (χ0v) is 14.4. The van der Waals surface area contributed by atoms with Crippen LogP contribution >= 0.6 is 15.9 Å². The molecular formula is C16H14BrN5O2. The number of fused-ring (bicyclic) bond motifs is 1. The Labute approximate surface area is 146 Å². The number of hydrogen-bond acceptors (Lipinski definition) is 5. The molecule has 1 amide bonds. The molecule has 24 heavy (non-hydrogen) atoms. The van der Waals surface area contributed by atoms with Crippen molar-refractivity contribution in [2.75, 3.05) is 0 Å². The van der Waals surface area contributed by atoms with Crippen LogP contribution in [0.15, 0.2) is 52.0 Å². The molecule has 8 heteroatoms. The Morgan fingerprint density at radius 2 is 2.12 bits per heavy atom. The summed E-state index contributed by atoms with van der Waals surface area (Å²) < 4.78 is 2.40. The van der Waals surface area contributed by atoms with Crippen LogP contribution in [-0.2, 0) is 6.54 Å². The lowest BCUT2D eigenvalue weighted by Gasteiger charge is -2.05. The lowest BCUT2D eigenvalue weighted by molar-refractivity contribution is 0.0952. The van der Waals surface area contributed by atoms with Gasteiger partial charge in [0.15, 0.2) is 0 Å². The second-order valence-electron chi connectivity index (χ2n) is 5.19. The smallest absolute Gasteiger partial charge is 0.275 e. The van der Waals surface area contributed by atoms with Gasteiger partial charge in [-0.25, -0.2) is 10.1 Å². The average molecular weight is 388 g/mol. The van der Waals surface area contributed by atoms with Crippen molar-refractivity contribution < 1.29 is 9.90 Å². The fraction of sp³-hybridized carbons (Fsp3) is 0.125. The molecule has 1 aromatic heterocycles. The van der Waals surface area contributed by atoms with E-state index in [1.807, 2.05) is 24.3 Å². The number of hydrazone groups is 1. The zero-order chi connectivity index (χ0) is 17.1. The van der Waals surface area contributed by atoms with E-state index in [9.17, 15) is 9.90 Å². The summed E-state index contributed by atoms with van der Waals surface area (Å²) in [6, 6.07) is 12.2. The van der Waals surface area contributed by atoms with Crippen molar-refractivity contribution in [2.45, 2.75) is 13.5 Å². The molecule has 0 radical (unpaired) electrons. The Hall–Kier alpha value is -2.74. The molecule has 0 aliphatic heterocycles. The fourth-order valence-corrected chi connectivity index (χ4v) is 2.54. The number of para-hydroxylation sites is 1. The SMILES string of the molecule is C/C(Cn1nnc2ccccc21)=N\NC(=O)c1cc(Br)ccc1O. The minimum Gasteiger partial charge on any atom is -0.507 e. The number of carbonyl (C=O) groups excluding carboxylic acids is 1. The van der Waals surface area contributed by atoms with Crippen molar-refractivity contribution in [1.29, 1.82) is 0 Å². The topological polar surface area (TPSA) is 92.4 Å². The number of phenolic OH excluding ortho intramolecular Hbond substituents is 1. The minimum absolute atomic E-state index is 0.106. The van der Waals surface area contributed by atoms with Gasteiger partial charge in [-0.1, -0.05) is 33.3 Å². The van der Waals surface area contributed by atoms with Crippen molar-refractivity contribution in [3.8, 4) is 5.75 Å². The second-order valence-corrected chi connectivity index (χ2v) is 6.10. The Bertz CT molecular complexity index is 935. The maximum Gasteiger partial charge on any atom is 0.275 e. The predicted molar refractivity (Wildman–Crippen MR) is 93.9 cm³/mol. The first-order valence-corrected chi connectivity index (χ1v) is 7.94. The number of aromatic nitrogens is 3. The van der Waals surface area contributed by atoms with E-state index in [1.165, 1.54) is 12.1 Å². The third-order valence-electron chi connectivity index (χ3n) is 3.35. The quantitative estimate of drug-likeness (QED) is 0.531. The van der Waals surface area contributed by atoms with Crippen molar-refractivity contribution in [3.05, 3.63) is 52.5 Å². The molecule has 0 aliphatic carbocycles. The molecule has 0 bridgehead atoms. The first-order chi connectivity index (χ1) is 11.5. The number of rotatable bonds is 4. The number of hydrogen-bond donors (Lipinski definition) is 2. The first-order valence-electron chi connectivity index (χ1n) is 7.15. The molecule has 0 atom stereocenters. The van der Waals surface area contributed by atoms with E-state index >= 15 is 0 Å². The number of carbonyl (C=O) groups is 1. The normalized spacial score (nSPS) is 11.7. The number of benzene rings is 2. The number of halogens is 1. The molecule has 0 saturated carbocycles. The van der Waals surface area contributed by atoms with E-state index in [1.54, 1.807) is 17.7 Å². The highest BCUT2D eigenvalue weighted by Gasteiger charge is 2.11. The summed E-state index contributed by atoms with van der Waals surface area (Å²) in [7, 11) is 0. The fourth-order valence-electron chi connectivity index (χ4n) is 2.18. The summed E-state index contributed by atoms with van der Waals surface area (Å²) in [6.07, 6.45) is 0. The molecule has 0 unspecified atom stereocenters. The van der Waals surface area contributed by atoms with Crippen molar-refractivity contribution in [1.82, 2.24) is 20.4 Å². The lowest BCUT2D eigenvalue weighted by Crippen LogP contribution is -2.21. The standard InChI is InChI=1S/C16H14BrN5O2/c1-10(9-22-14-5-3-2-4-13(14)19-21-22)18-20-16(24)12-8-11(17)6-7-15(12)23/h2-8,23H,9H2,1H3,(H,20,24)/b18-10+. The molecular weight excluding hydrogens is 374 g/mol. The molecule has 2 N–H and O–H groups in total. The summed E-state index contributed by atoms with van der Waals surface area (Å²) in [5.41, 5.74) is 4.92. The summed E-state index contributed by atoms with van der Waals surface area (Å²) in [5, 5.41) is 21.9. The second kappa shape index (κ2) is 6.79. The molecule has 0 aliphatic rings. The Kier molecular flexibility index (Phi) is 4.57. The summed E-state index contributed by atoms with van der Waals surface area (Å²) in [6.45, 7) is 2.17. The molecule has 3 rings (SSSR count). The van der Waals surface area contributed by atoms with Gasteiger partial charge in [0.05, 0.1) is 23.3 Å². The molecule has 3 aromatic rings. The summed E-state index contributed by atoms with van der Waals surface area (Å²) in [4.78, 5) is 12.1. The number of nitrogens with zero attached hydrogens (tertiary/aromatic N) is 4. The van der Waals surface area contributed by atoms with Gasteiger partial charge in [-0.15, -0.1) is 5.10 Å². The van der Waals surface area contributed by atoms with Gasteiger partial charge in [-0.2, -0.15) is 5.10 Å². The van der Waals surface area contributed by atoms with Gasteiger partial charge < -0.3 is 5.11 Å². The number of nitrogens with one attached hydrogen (secondary N) is 1. The van der Waals surface area contributed by atoms with Crippen LogP contribution in [0.1, 0.15) is 17.3 Å². The largest absolute Gasteiger partial charge is 0.507 e. The summed E-state index contributed by atoms with van der Waals surface area (Å²) >= 11 is 3.26. The van der Waals surface area contributed by atoms with Gasteiger partial charge in [0.1, 0.15) is 11.3 Å². The number of aromatic hydroxyl groups is 1. The van der Waals surface area contributed by atoms with E-state index in [0.717, 1.165) is 11.0 Å². The van der Waals surface area contributed by atoms with Gasteiger partial charge in [0.2, 0.25) is 0 Å². The monoisotopic (exact) mass is 387 g/mol. The van der Waals surface area contributed by atoms with Gasteiger partial charge >= 0.3 is 0 Å². The van der Waals surface area contributed by atoms with Crippen LogP contribution in [0.4, 0.5) is 0 Å². The zero-order valence-electron chi connectivity index (χ0n) is 12.8. The maximum atomic E-state index is 12.1.